The number of imidazole rings is 1. The summed E-state index contributed by atoms with van der Waals surface area (Å²) < 4.78 is 25.3. The summed E-state index contributed by atoms with van der Waals surface area (Å²) in [6.45, 7) is 3.39. The number of hydrogen-bond acceptors (Lipinski definition) is 5. The van der Waals surface area contributed by atoms with Crippen molar-refractivity contribution in [1.82, 2.24) is 14.5 Å². The van der Waals surface area contributed by atoms with E-state index in [1.165, 1.54) is 6.26 Å². The summed E-state index contributed by atoms with van der Waals surface area (Å²) in [7, 11) is -3.26. The average molecular weight is 378 g/mol. The molecule has 2 N–H and O–H groups in total. The second kappa shape index (κ2) is 7.36. The molecule has 3 rings (SSSR count). The number of benzene rings is 1. The van der Waals surface area contributed by atoms with Gasteiger partial charge in [0, 0.05) is 25.4 Å². The Labute approximate surface area is 154 Å². The van der Waals surface area contributed by atoms with Crippen LogP contribution in [0.4, 0.5) is 0 Å². The number of carbonyl (C=O) groups is 1. The Morgan fingerprint density at radius 2 is 2.08 bits per heavy atom. The summed E-state index contributed by atoms with van der Waals surface area (Å²) in [4.78, 5) is 19.3. The molecule has 1 amide bonds. The zero-order valence-electron chi connectivity index (χ0n) is 15.3. The number of amides is 1. The fourth-order valence-corrected chi connectivity index (χ4v) is 4.37. The van der Waals surface area contributed by atoms with Gasteiger partial charge in [-0.05, 0) is 30.9 Å². The Kier molecular flexibility index (Phi) is 5.34. The van der Waals surface area contributed by atoms with Gasteiger partial charge >= 0.3 is 0 Å². The van der Waals surface area contributed by atoms with Crippen molar-refractivity contribution in [2.75, 3.05) is 19.3 Å². The maximum atomic E-state index is 13.0. The molecule has 0 aliphatic carbocycles. The van der Waals surface area contributed by atoms with Gasteiger partial charge in [0.05, 0.1) is 11.0 Å². The summed E-state index contributed by atoms with van der Waals surface area (Å²) in [5.74, 6) is 0.733. The number of carbonyl (C=O) groups excluding carboxylic acids is 1. The number of likely N-dealkylation sites (tertiary alicyclic amines) is 1. The van der Waals surface area contributed by atoms with Gasteiger partial charge in [0.2, 0.25) is 5.91 Å². The van der Waals surface area contributed by atoms with E-state index in [0.717, 1.165) is 18.4 Å². The van der Waals surface area contributed by atoms with Crippen LogP contribution in [-0.2, 0) is 26.9 Å². The quantitative estimate of drug-likeness (QED) is 0.842. The molecule has 1 aromatic heterocycles. The minimum atomic E-state index is -3.26. The molecule has 2 unspecified atom stereocenters. The maximum Gasteiger partial charge on any atom is 0.242 e. The molecule has 1 fully saturated rings. The van der Waals surface area contributed by atoms with Crippen LogP contribution in [0.1, 0.15) is 25.6 Å². The maximum absolute atomic E-state index is 13.0. The van der Waals surface area contributed by atoms with E-state index in [1.54, 1.807) is 4.57 Å². The van der Waals surface area contributed by atoms with Crippen LogP contribution in [0.15, 0.2) is 24.3 Å². The van der Waals surface area contributed by atoms with Crippen LogP contribution in [0.5, 0.6) is 0 Å². The first-order valence-electron chi connectivity index (χ1n) is 8.90. The van der Waals surface area contributed by atoms with E-state index in [-0.39, 0.29) is 24.2 Å². The molecule has 2 heterocycles. The molecule has 1 aliphatic heterocycles. The van der Waals surface area contributed by atoms with Crippen molar-refractivity contribution in [3.05, 3.63) is 30.1 Å². The Morgan fingerprint density at radius 3 is 2.77 bits per heavy atom. The predicted molar refractivity (Wildman–Crippen MR) is 101 cm³/mol. The fraction of sp³-hybridized carbons (Fsp3) is 0.556. The van der Waals surface area contributed by atoms with E-state index >= 15 is 0 Å². The van der Waals surface area contributed by atoms with Crippen molar-refractivity contribution >= 4 is 26.8 Å². The van der Waals surface area contributed by atoms with Gasteiger partial charge in [-0.25, -0.2) is 13.4 Å². The second-order valence-electron chi connectivity index (χ2n) is 7.28. The molecule has 1 aromatic carbocycles. The predicted octanol–water partition coefficient (Wildman–Crippen LogP) is 1.17. The van der Waals surface area contributed by atoms with E-state index in [9.17, 15) is 13.2 Å². The topological polar surface area (TPSA) is 98.3 Å². The smallest absolute Gasteiger partial charge is 0.242 e. The summed E-state index contributed by atoms with van der Waals surface area (Å²) >= 11 is 0. The van der Waals surface area contributed by atoms with Gasteiger partial charge in [-0.15, -0.1) is 0 Å². The molecule has 2 aromatic rings. The molecule has 1 saturated heterocycles. The zero-order chi connectivity index (χ0) is 18.9. The van der Waals surface area contributed by atoms with Crippen LogP contribution < -0.4 is 5.73 Å². The molecule has 8 heteroatoms. The number of nitrogens with zero attached hydrogens (tertiary/aromatic N) is 3. The minimum absolute atomic E-state index is 0.0368. The van der Waals surface area contributed by atoms with E-state index in [2.05, 4.69) is 11.9 Å². The van der Waals surface area contributed by atoms with Gasteiger partial charge in [0.25, 0.3) is 0 Å². The Morgan fingerprint density at radius 1 is 1.35 bits per heavy atom. The molecule has 0 spiro atoms. The largest absolute Gasteiger partial charge is 0.337 e. The lowest BCUT2D eigenvalue weighted by atomic mass is 9.92. The van der Waals surface area contributed by atoms with Crippen molar-refractivity contribution in [2.24, 2.45) is 11.7 Å². The molecule has 0 bridgehead atoms. The van der Waals surface area contributed by atoms with E-state index in [0.29, 0.717) is 30.3 Å². The first kappa shape index (κ1) is 18.8. The summed E-state index contributed by atoms with van der Waals surface area (Å²) in [6, 6.07) is 7.44. The van der Waals surface area contributed by atoms with Gasteiger partial charge in [0.15, 0.2) is 9.84 Å². The molecule has 0 radical (unpaired) electrons. The lowest BCUT2D eigenvalue weighted by molar-refractivity contribution is -0.135. The Bertz CT molecular complexity index is 906. The number of fused-ring (bicyclic) bond motifs is 1. The molecule has 2 atom stereocenters. The van der Waals surface area contributed by atoms with E-state index < -0.39 is 9.84 Å². The van der Waals surface area contributed by atoms with Crippen LogP contribution >= 0.6 is 0 Å². The molecule has 1 aliphatic rings. The molecule has 0 saturated carbocycles. The molecule has 7 nitrogen and oxygen atoms in total. The lowest BCUT2D eigenvalue weighted by Gasteiger charge is -2.38. The van der Waals surface area contributed by atoms with E-state index in [4.69, 9.17) is 5.73 Å². The van der Waals surface area contributed by atoms with Gasteiger partial charge in [-0.2, -0.15) is 0 Å². The Hall–Kier alpha value is -1.93. The number of aromatic nitrogens is 2. The van der Waals surface area contributed by atoms with Crippen LogP contribution in [0.3, 0.4) is 0 Å². The van der Waals surface area contributed by atoms with E-state index in [1.807, 2.05) is 29.2 Å². The third-order valence-corrected chi connectivity index (χ3v) is 5.77. The summed E-state index contributed by atoms with van der Waals surface area (Å²) in [6.07, 6.45) is 3.04. The minimum Gasteiger partial charge on any atom is -0.337 e. The summed E-state index contributed by atoms with van der Waals surface area (Å²) in [5, 5.41) is 0. The summed E-state index contributed by atoms with van der Waals surface area (Å²) in [5.41, 5.74) is 7.35. The van der Waals surface area contributed by atoms with Gasteiger partial charge in [-0.1, -0.05) is 19.1 Å². The SMILES string of the molecule is CC1CCN(C(=O)Cn2c(CS(C)(=O)=O)nc3ccccc32)C(CN)C1. The number of nitrogens with two attached hydrogens (primary N) is 1. The van der Waals surface area contributed by atoms with Crippen molar-refractivity contribution < 1.29 is 13.2 Å². The highest BCUT2D eigenvalue weighted by Gasteiger charge is 2.29. The fourth-order valence-electron chi connectivity index (χ4n) is 3.68. The van der Waals surface area contributed by atoms with Crippen molar-refractivity contribution in [3.8, 4) is 0 Å². The van der Waals surface area contributed by atoms with Crippen molar-refractivity contribution in [2.45, 2.75) is 38.1 Å². The normalized spacial score (nSPS) is 21.3. The van der Waals surface area contributed by atoms with Crippen molar-refractivity contribution in [3.63, 3.8) is 0 Å². The number of rotatable bonds is 5. The monoisotopic (exact) mass is 378 g/mol. The molecular formula is C18H26N4O3S. The number of sulfone groups is 1. The Balaban J connectivity index is 1.92. The van der Waals surface area contributed by atoms with Crippen LogP contribution in [-0.4, -0.2) is 54.2 Å². The zero-order valence-corrected chi connectivity index (χ0v) is 16.1. The number of hydrogen-bond donors (Lipinski definition) is 1. The third-order valence-electron chi connectivity index (χ3n) is 4.99. The highest BCUT2D eigenvalue weighted by Crippen LogP contribution is 2.23. The molecular weight excluding hydrogens is 352 g/mol. The first-order chi connectivity index (χ1) is 12.3. The van der Waals surface area contributed by atoms with Crippen molar-refractivity contribution in [1.29, 1.82) is 0 Å². The van der Waals surface area contributed by atoms with Crippen LogP contribution in [0, 0.1) is 5.92 Å². The van der Waals surface area contributed by atoms with Crippen LogP contribution in [0.2, 0.25) is 0 Å². The highest BCUT2D eigenvalue weighted by molar-refractivity contribution is 7.89. The second-order valence-corrected chi connectivity index (χ2v) is 9.42. The average Bonchev–Trinajstić information content (AvgIpc) is 2.90. The van der Waals surface area contributed by atoms with Gasteiger partial charge < -0.3 is 15.2 Å². The highest BCUT2D eigenvalue weighted by atomic mass is 32.2. The first-order valence-corrected chi connectivity index (χ1v) is 11.0. The standard InChI is InChI=1S/C18H26N4O3S/c1-13-7-8-21(14(9-13)10-19)18(23)11-22-16-6-4-3-5-15(16)20-17(22)12-26(2,24)25/h3-6,13-14H,7-12,19H2,1-2H3. The van der Waals surface area contributed by atoms with Gasteiger partial charge in [-0.3, -0.25) is 4.79 Å². The molecule has 142 valence electrons. The third kappa shape index (κ3) is 4.07. The number of para-hydroxylation sites is 2. The lowest BCUT2D eigenvalue weighted by Crippen LogP contribution is -2.50. The number of piperidine rings is 1. The van der Waals surface area contributed by atoms with Crippen LogP contribution in [0.25, 0.3) is 11.0 Å². The van der Waals surface area contributed by atoms with Gasteiger partial charge in [0.1, 0.15) is 18.1 Å². The molecule has 26 heavy (non-hydrogen) atoms.